The minimum atomic E-state index is -0.667. The molecule has 12 heteroatoms. The van der Waals surface area contributed by atoms with Gasteiger partial charge < -0.3 is 29.9 Å². The van der Waals surface area contributed by atoms with Crippen molar-refractivity contribution in [3.63, 3.8) is 0 Å². The van der Waals surface area contributed by atoms with E-state index in [0.29, 0.717) is 26.0 Å². The van der Waals surface area contributed by atoms with E-state index in [1.165, 1.54) is 0 Å². The first-order chi connectivity index (χ1) is 19.4. The van der Waals surface area contributed by atoms with Gasteiger partial charge in [0.1, 0.15) is 6.61 Å². The molecule has 2 rings (SSSR count). The number of carbonyl (C=O) groups is 2. The second-order valence-electron chi connectivity index (χ2n) is 11.3. The molecule has 2 fully saturated rings. The molecule has 1 saturated heterocycles. The molecule has 0 spiro atoms. The SMILES string of the molecule is C=CC(=O)OCCO.CC1(C)CC(N=C=O)CC(C)(CN=C=O)C1.CCC(CO)(CO)CO.O=C1CCCCCO1. The Balaban J connectivity index is 0. The summed E-state index contributed by atoms with van der Waals surface area (Å²) >= 11 is 0. The average molecular weight is 587 g/mol. The molecule has 0 aromatic rings. The number of carbonyl (C=O) groups excluding carboxylic acids is 4. The molecule has 236 valence electrons. The third-order valence-electron chi connectivity index (χ3n) is 6.73. The highest BCUT2D eigenvalue weighted by atomic mass is 16.5. The first-order valence-corrected chi connectivity index (χ1v) is 13.8. The minimum Gasteiger partial charge on any atom is -0.466 e. The topological polar surface area (TPSA) is 192 Å². The van der Waals surface area contributed by atoms with Crippen LogP contribution in [0.2, 0.25) is 0 Å². The number of isocyanates is 2. The number of aliphatic hydroxyl groups is 4. The maximum absolute atomic E-state index is 10.5. The minimum absolute atomic E-state index is 0.00750. The van der Waals surface area contributed by atoms with E-state index in [9.17, 15) is 19.2 Å². The Morgan fingerprint density at radius 3 is 2.20 bits per heavy atom. The lowest BCUT2D eigenvalue weighted by atomic mass is 9.63. The Morgan fingerprint density at radius 2 is 1.73 bits per heavy atom. The predicted octanol–water partition coefficient (Wildman–Crippen LogP) is 2.41. The summed E-state index contributed by atoms with van der Waals surface area (Å²) in [4.78, 5) is 48.6. The monoisotopic (exact) mass is 586 g/mol. The highest BCUT2D eigenvalue weighted by Gasteiger charge is 2.41. The van der Waals surface area contributed by atoms with Crippen LogP contribution in [0.25, 0.3) is 0 Å². The van der Waals surface area contributed by atoms with Crippen molar-refractivity contribution in [2.45, 2.75) is 85.1 Å². The Bertz CT molecular complexity index is 819. The summed E-state index contributed by atoms with van der Waals surface area (Å²) in [5, 5.41) is 34.1. The predicted molar refractivity (Wildman–Crippen MR) is 152 cm³/mol. The maximum Gasteiger partial charge on any atom is 0.330 e. The van der Waals surface area contributed by atoms with E-state index in [-0.39, 0.29) is 55.9 Å². The molecular formula is C29H50N2O10. The van der Waals surface area contributed by atoms with Crippen molar-refractivity contribution in [1.82, 2.24) is 0 Å². The van der Waals surface area contributed by atoms with Crippen LogP contribution >= 0.6 is 0 Å². The van der Waals surface area contributed by atoms with Gasteiger partial charge in [0, 0.05) is 17.9 Å². The third kappa shape index (κ3) is 19.9. The molecule has 41 heavy (non-hydrogen) atoms. The van der Waals surface area contributed by atoms with Crippen molar-refractivity contribution in [2.75, 3.05) is 46.2 Å². The van der Waals surface area contributed by atoms with Crippen LogP contribution in [-0.4, -0.2) is 96.8 Å². The molecule has 1 aliphatic heterocycles. The van der Waals surface area contributed by atoms with Crippen LogP contribution in [0.15, 0.2) is 22.6 Å². The summed E-state index contributed by atoms with van der Waals surface area (Å²) in [7, 11) is 0. The Hall–Kier alpha value is -2.72. The van der Waals surface area contributed by atoms with Gasteiger partial charge in [0.05, 0.1) is 45.6 Å². The summed E-state index contributed by atoms with van der Waals surface area (Å²) < 4.78 is 9.10. The van der Waals surface area contributed by atoms with Crippen LogP contribution in [0.5, 0.6) is 0 Å². The van der Waals surface area contributed by atoms with Crippen molar-refractivity contribution in [2.24, 2.45) is 26.2 Å². The first kappa shape index (κ1) is 40.4. The number of cyclic esters (lactones) is 1. The first-order valence-electron chi connectivity index (χ1n) is 13.8. The average Bonchev–Trinajstić information content (AvgIpc) is 3.19. The molecule has 1 heterocycles. The number of ether oxygens (including phenoxy) is 2. The van der Waals surface area contributed by atoms with Crippen molar-refractivity contribution >= 4 is 24.1 Å². The van der Waals surface area contributed by atoms with Gasteiger partial charge in [-0.25, -0.2) is 24.4 Å². The fourth-order valence-electron chi connectivity index (χ4n) is 4.58. The van der Waals surface area contributed by atoms with Crippen molar-refractivity contribution in [3.05, 3.63) is 12.7 Å². The van der Waals surface area contributed by atoms with Crippen molar-refractivity contribution < 1.29 is 49.1 Å². The molecule has 0 aromatic carbocycles. The highest BCUT2D eigenvalue weighted by Crippen LogP contribution is 2.47. The molecule has 4 N–H and O–H groups in total. The van der Waals surface area contributed by atoms with E-state index in [4.69, 9.17) is 25.2 Å². The lowest BCUT2D eigenvalue weighted by Crippen LogP contribution is -2.39. The molecule has 0 aromatic heterocycles. The van der Waals surface area contributed by atoms with Crippen LogP contribution in [0.1, 0.15) is 79.1 Å². The molecule has 2 aliphatic rings. The molecule has 0 bridgehead atoms. The standard InChI is InChI=1S/C12H18N2O2.C6H14O3.C6H10O2.C5H8O3/c1-11(2)4-10(14-9-16)5-12(3,6-11)7-13-8-15;1-2-6(3-7,4-8)5-9;7-6-4-2-1-3-5-8-6;1-2-5(7)8-4-3-6/h10H,4-7H2,1-3H3;7-9H,2-5H2,1H3;1-5H2;2,6H,1,3-4H2. The summed E-state index contributed by atoms with van der Waals surface area (Å²) in [5.41, 5.74) is -0.611. The van der Waals surface area contributed by atoms with E-state index in [1.807, 2.05) is 6.92 Å². The van der Waals surface area contributed by atoms with Crippen LogP contribution in [0, 0.1) is 16.2 Å². The largest absolute Gasteiger partial charge is 0.466 e. The van der Waals surface area contributed by atoms with Gasteiger partial charge >= 0.3 is 11.9 Å². The summed E-state index contributed by atoms with van der Waals surface area (Å²) in [6.45, 7) is 11.9. The second-order valence-corrected chi connectivity index (χ2v) is 11.3. The number of hydrogen-bond donors (Lipinski definition) is 4. The molecule has 0 radical (unpaired) electrons. The quantitative estimate of drug-likeness (QED) is 0.128. The van der Waals surface area contributed by atoms with E-state index >= 15 is 0 Å². The molecule has 2 atom stereocenters. The lowest BCUT2D eigenvalue weighted by Gasteiger charge is -2.44. The highest BCUT2D eigenvalue weighted by molar-refractivity contribution is 5.81. The Labute approximate surface area is 243 Å². The number of aliphatic imine (C=N–C) groups is 2. The zero-order chi connectivity index (χ0) is 31.8. The summed E-state index contributed by atoms with van der Waals surface area (Å²) in [5.74, 6) is -0.526. The second kappa shape index (κ2) is 22.9. The fourth-order valence-corrected chi connectivity index (χ4v) is 4.58. The number of esters is 2. The number of rotatable bonds is 10. The third-order valence-corrected chi connectivity index (χ3v) is 6.73. The van der Waals surface area contributed by atoms with Crippen LogP contribution < -0.4 is 0 Å². The molecular weight excluding hydrogens is 536 g/mol. The van der Waals surface area contributed by atoms with E-state index < -0.39 is 11.4 Å². The van der Waals surface area contributed by atoms with Crippen LogP contribution in [0.4, 0.5) is 0 Å². The van der Waals surface area contributed by atoms with Gasteiger partial charge in [-0.05, 0) is 55.8 Å². The van der Waals surface area contributed by atoms with Gasteiger partial charge in [-0.1, -0.05) is 34.3 Å². The van der Waals surface area contributed by atoms with Crippen LogP contribution in [0.3, 0.4) is 0 Å². The molecule has 2 unspecified atom stereocenters. The summed E-state index contributed by atoms with van der Waals surface area (Å²) in [6, 6.07) is 0.00750. The number of hydrogen-bond acceptors (Lipinski definition) is 12. The van der Waals surface area contributed by atoms with E-state index in [2.05, 4.69) is 42.1 Å². The Kier molecular flexibility index (Phi) is 22.6. The smallest absolute Gasteiger partial charge is 0.330 e. The van der Waals surface area contributed by atoms with Gasteiger partial charge in [-0.15, -0.1) is 0 Å². The fraction of sp³-hybridized carbons (Fsp3) is 0.793. The maximum atomic E-state index is 10.5. The summed E-state index contributed by atoms with van der Waals surface area (Å²) in [6.07, 6.45) is 11.4. The molecule has 12 nitrogen and oxygen atoms in total. The van der Waals surface area contributed by atoms with Crippen molar-refractivity contribution in [1.29, 1.82) is 0 Å². The van der Waals surface area contributed by atoms with Gasteiger partial charge in [-0.2, -0.15) is 0 Å². The van der Waals surface area contributed by atoms with Gasteiger partial charge in [0.2, 0.25) is 12.2 Å². The van der Waals surface area contributed by atoms with E-state index in [1.54, 1.807) is 12.2 Å². The number of nitrogens with zero attached hydrogens (tertiary/aromatic N) is 2. The van der Waals surface area contributed by atoms with Gasteiger partial charge in [0.25, 0.3) is 0 Å². The molecule has 1 aliphatic carbocycles. The molecule has 0 amide bonds. The van der Waals surface area contributed by atoms with Gasteiger partial charge in [0.15, 0.2) is 0 Å². The van der Waals surface area contributed by atoms with Gasteiger partial charge in [-0.3, -0.25) is 4.79 Å². The Morgan fingerprint density at radius 1 is 1.10 bits per heavy atom. The lowest BCUT2D eigenvalue weighted by molar-refractivity contribution is -0.142. The van der Waals surface area contributed by atoms with E-state index in [0.717, 1.165) is 44.6 Å². The number of aliphatic hydroxyl groups excluding tert-OH is 4. The van der Waals surface area contributed by atoms with Crippen LogP contribution in [-0.2, 0) is 28.7 Å². The zero-order valence-corrected chi connectivity index (χ0v) is 25.1. The zero-order valence-electron chi connectivity index (χ0n) is 25.1. The van der Waals surface area contributed by atoms with Crippen molar-refractivity contribution in [3.8, 4) is 0 Å². The normalized spacial score (nSPS) is 21.1. The molecule has 1 saturated carbocycles.